The molecule has 4 heterocycles. The molecule has 2 aromatic heterocycles. The quantitative estimate of drug-likeness (QED) is 0.330. The minimum Gasteiger partial charge on any atom is -0.479 e. The maximum Gasteiger partial charge on any atom is 0.337 e. The summed E-state index contributed by atoms with van der Waals surface area (Å²) in [6.07, 6.45) is 5.02. The number of hydrogen-bond donors (Lipinski definition) is 1. The fraction of sp³-hybridized carbons (Fsp3) is 0.515. The number of benzene rings is 1. The maximum atomic E-state index is 12.8. The molecule has 0 bridgehead atoms. The van der Waals surface area contributed by atoms with Gasteiger partial charge >= 0.3 is 5.97 Å². The topological polar surface area (TPSA) is 91.7 Å². The first-order valence-electron chi connectivity index (χ1n) is 14.7. The highest BCUT2D eigenvalue weighted by molar-refractivity contribution is 6.30. The fourth-order valence-corrected chi connectivity index (χ4v) is 6.20. The number of piperidine rings is 1. The zero-order chi connectivity index (χ0) is 30.4. The number of anilines is 2. The molecule has 0 spiro atoms. The van der Waals surface area contributed by atoms with Gasteiger partial charge in [0.2, 0.25) is 5.95 Å². The number of halogens is 1. The van der Waals surface area contributed by atoms with Gasteiger partial charge in [-0.2, -0.15) is 0 Å². The lowest BCUT2D eigenvalue weighted by atomic mass is 9.81. The molecule has 0 saturated carbocycles. The van der Waals surface area contributed by atoms with Crippen LogP contribution in [0.2, 0.25) is 5.02 Å². The van der Waals surface area contributed by atoms with Crippen LogP contribution in [0, 0.1) is 19.3 Å². The Hall–Kier alpha value is -3.23. The van der Waals surface area contributed by atoms with Crippen molar-refractivity contribution in [1.82, 2.24) is 15.0 Å². The van der Waals surface area contributed by atoms with Gasteiger partial charge in [0.1, 0.15) is 0 Å². The molecule has 42 heavy (non-hydrogen) atoms. The Labute approximate surface area is 254 Å². The van der Waals surface area contributed by atoms with Crippen molar-refractivity contribution in [1.29, 1.82) is 0 Å². The van der Waals surface area contributed by atoms with E-state index in [1.54, 1.807) is 12.4 Å². The van der Waals surface area contributed by atoms with Crippen molar-refractivity contribution >= 4 is 29.2 Å². The third-order valence-electron chi connectivity index (χ3n) is 8.37. The van der Waals surface area contributed by atoms with Crippen LogP contribution in [-0.4, -0.2) is 51.3 Å². The van der Waals surface area contributed by atoms with E-state index < -0.39 is 17.7 Å². The number of carboxylic acids is 1. The van der Waals surface area contributed by atoms with Gasteiger partial charge in [-0.1, -0.05) is 43.6 Å². The molecule has 0 radical (unpaired) electrons. The van der Waals surface area contributed by atoms with Crippen LogP contribution in [0.4, 0.5) is 11.6 Å². The predicted molar refractivity (Wildman–Crippen MR) is 167 cm³/mol. The summed E-state index contributed by atoms with van der Waals surface area (Å²) in [5.41, 5.74) is 7.32. The van der Waals surface area contributed by atoms with Crippen molar-refractivity contribution in [3.05, 3.63) is 63.7 Å². The molecular formula is C33H42ClN5O3. The number of aromatic nitrogens is 3. The van der Waals surface area contributed by atoms with Crippen molar-refractivity contribution < 1.29 is 14.6 Å². The normalized spacial score (nSPS) is 17.6. The first-order chi connectivity index (χ1) is 19.7. The van der Waals surface area contributed by atoms with E-state index in [0.717, 1.165) is 61.4 Å². The molecule has 1 unspecified atom stereocenters. The summed E-state index contributed by atoms with van der Waals surface area (Å²) in [6.45, 7) is 17.4. The average Bonchev–Trinajstić information content (AvgIpc) is 2.91. The molecule has 8 nitrogen and oxygen atoms in total. The Bertz CT molecular complexity index is 1470. The standard InChI is InChI=1S/C33H42ClN5O3/c1-20-26(23-8-9-24-19-39(13-10-22(24)16-23)31-35-17-25(34)18-36-31)28(38-14-11-33(6,7)12-15-38)27(21(2)37-20)29(30(40)41)42-32(3,4)5/h8-9,16-18,29H,10-15,19H2,1-7H3,(H,40,41). The minimum atomic E-state index is -1.13. The molecule has 1 atom stereocenters. The van der Waals surface area contributed by atoms with Gasteiger partial charge in [-0.15, -0.1) is 0 Å². The van der Waals surface area contributed by atoms with E-state index in [-0.39, 0.29) is 5.41 Å². The molecule has 0 amide bonds. The molecule has 5 rings (SSSR count). The Morgan fingerprint density at radius 3 is 2.31 bits per heavy atom. The predicted octanol–water partition coefficient (Wildman–Crippen LogP) is 6.94. The lowest BCUT2D eigenvalue weighted by Gasteiger charge is -2.41. The highest BCUT2D eigenvalue weighted by atomic mass is 35.5. The number of hydrogen-bond acceptors (Lipinski definition) is 7. The van der Waals surface area contributed by atoms with E-state index in [1.165, 1.54) is 11.1 Å². The monoisotopic (exact) mass is 591 g/mol. The van der Waals surface area contributed by atoms with Crippen molar-refractivity contribution in [2.24, 2.45) is 5.41 Å². The highest BCUT2D eigenvalue weighted by Crippen LogP contribution is 2.45. The van der Waals surface area contributed by atoms with E-state index in [1.807, 2.05) is 34.6 Å². The number of pyridine rings is 1. The first kappa shape index (κ1) is 30.2. The van der Waals surface area contributed by atoms with E-state index in [2.05, 4.69) is 51.8 Å². The van der Waals surface area contributed by atoms with Gasteiger partial charge in [-0.05, 0) is 76.0 Å². The fourth-order valence-electron chi connectivity index (χ4n) is 6.10. The number of nitrogens with zero attached hydrogens (tertiary/aromatic N) is 5. The van der Waals surface area contributed by atoms with Crippen molar-refractivity contribution in [2.75, 3.05) is 29.4 Å². The molecule has 2 aliphatic heterocycles. The van der Waals surface area contributed by atoms with Gasteiger partial charge in [0.05, 0.1) is 28.7 Å². The molecule has 3 aromatic rings. The van der Waals surface area contributed by atoms with E-state index >= 15 is 0 Å². The second-order valence-corrected chi connectivity index (χ2v) is 13.8. The molecular weight excluding hydrogens is 550 g/mol. The zero-order valence-corrected chi connectivity index (χ0v) is 26.5. The van der Waals surface area contributed by atoms with Gasteiger partial charge in [-0.25, -0.2) is 14.8 Å². The van der Waals surface area contributed by atoms with Gasteiger partial charge in [0, 0.05) is 48.7 Å². The Kier molecular flexibility index (Phi) is 8.25. The summed E-state index contributed by atoms with van der Waals surface area (Å²) in [6, 6.07) is 6.58. The van der Waals surface area contributed by atoms with Crippen molar-refractivity contribution in [2.45, 2.75) is 86.0 Å². The molecule has 1 aromatic carbocycles. The second-order valence-electron chi connectivity index (χ2n) is 13.4. The Morgan fingerprint density at radius 1 is 1.02 bits per heavy atom. The molecule has 1 saturated heterocycles. The molecule has 1 N–H and O–H groups in total. The van der Waals surface area contributed by atoms with Crippen LogP contribution in [0.3, 0.4) is 0 Å². The molecule has 9 heteroatoms. The number of rotatable bonds is 6. The Balaban J connectivity index is 1.61. The molecule has 2 aliphatic rings. The van der Waals surface area contributed by atoms with Crippen molar-refractivity contribution in [3.8, 4) is 11.1 Å². The summed E-state index contributed by atoms with van der Waals surface area (Å²) in [4.78, 5) is 31.1. The molecule has 1 fully saturated rings. The smallest absolute Gasteiger partial charge is 0.337 e. The van der Waals surface area contributed by atoms with Crippen LogP contribution in [0.25, 0.3) is 11.1 Å². The summed E-state index contributed by atoms with van der Waals surface area (Å²) in [5, 5.41) is 11.0. The third kappa shape index (κ3) is 6.40. The highest BCUT2D eigenvalue weighted by Gasteiger charge is 2.36. The summed E-state index contributed by atoms with van der Waals surface area (Å²) >= 11 is 6.00. The second kappa shape index (κ2) is 11.5. The summed E-state index contributed by atoms with van der Waals surface area (Å²) < 4.78 is 6.23. The Morgan fingerprint density at radius 2 is 1.69 bits per heavy atom. The van der Waals surface area contributed by atoms with Gasteiger partial charge in [0.25, 0.3) is 0 Å². The average molecular weight is 592 g/mol. The SMILES string of the molecule is Cc1nc(C)c(C(OC(C)(C)C)C(=O)O)c(N2CCC(C)(C)CC2)c1-c1ccc2c(c1)CCN(c1ncc(Cl)cn1)C2. The first-order valence-corrected chi connectivity index (χ1v) is 15.1. The van der Waals surface area contributed by atoms with Crippen LogP contribution < -0.4 is 9.80 Å². The minimum absolute atomic E-state index is 0.244. The van der Waals surface area contributed by atoms with Gasteiger partial charge < -0.3 is 19.6 Å². The van der Waals surface area contributed by atoms with Crippen LogP contribution >= 0.6 is 11.6 Å². The number of aryl methyl sites for hydroxylation is 2. The van der Waals surface area contributed by atoms with E-state index in [0.29, 0.717) is 28.8 Å². The van der Waals surface area contributed by atoms with E-state index in [4.69, 9.17) is 21.3 Å². The molecule has 224 valence electrons. The number of ether oxygens (including phenoxy) is 1. The maximum absolute atomic E-state index is 12.8. The van der Waals surface area contributed by atoms with Crippen LogP contribution in [0.5, 0.6) is 0 Å². The van der Waals surface area contributed by atoms with Gasteiger partial charge in [0.15, 0.2) is 6.10 Å². The number of carbonyl (C=O) groups is 1. The van der Waals surface area contributed by atoms with Gasteiger partial charge in [-0.3, -0.25) is 4.98 Å². The zero-order valence-electron chi connectivity index (χ0n) is 25.8. The van der Waals surface area contributed by atoms with Crippen LogP contribution in [0.15, 0.2) is 30.6 Å². The lowest BCUT2D eigenvalue weighted by molar-refractivity contribution is -0.160. The van der Waals surface area contributed by atoms with Crippen LogP contribution in [-0.2, 0) is 22.5 Å². The molecule has 0 aliphatic carbocycles. The van der Waals surface area contributed by atoms with Crippen molar-refractivity contribution in [3.63, 3.8) is 0 Å². The van der Waals surface area contributed by atoms with E-state index in [9.17, 15) is 9.90 Å². The van der Waals surface area contributed by atoms with Crippen LogP contribution in [0.1, 0.15) is 81.6 Å². The number of fused-ring (bicyclic) bond motifs is 1. The largest absolute Gasteiger partial charge is 0.479 e. The summed E-state index contributed by atoms with van der Waals surface area (Å²) in [5.74, 6) is -0.329. The number of carboxylic acid groups (broad SMARTS) is 1. The summed E-state index contributed by atoms with van der Waals surface area (Å²) in [7, 11) is 0. The lowest BCUT2D eigenvalue weighted by Crippen LogP contribution is -2.39. The number of aliphatic carboxylic acids is 1. The third-order valence-corrected chi connectivity index (χ3v) is 8.56.